The van der Waals surface area contributed by atoms with Gasteiger partial charge in [-0.15, -0.1) is 0 Å². The number of aromatic nitrogens is 3. The van der Waals surface area contributed by atoms with Crippen molar-refractivity contribution in [3.63, 3.8) is 0 Å². The molecule has 1 heterocycles. The molecule has 0 amide bonds. The summed E-state index contributed by atoms with van der Waals surface area (Å²) in [6, 6.07) is 7.10. The van der Waals surface area contributed by atoms with Crippen molar-refractivity contribution >= 4 is 11.6 Å². The van der Waals surface area contributed by atoms with Crippen molar-refractivity contribution in [2.45, 2.75) is 25.6 Å². The molecule has 2 aromatic rings. The van der Waals surface area contributed by atoms with Crippen LogP contribution in [0.2, 0.25) is 5.02 Å². The molecule has 0 saturated heterocycles. The average Bonchev–Trinajstić information content (AvgIpc) is 2.75. The van der Waals surface area contributed by atoms with Crippen LogP contribution in [0.4, 0.5) is 0 Å². The quantitative estimate of drug-likeness (QED) is 0.908. The first-order chi connectivity index (χ1) is 9.06. The Bertz CT molecular complexity index is 544. The van der Waals surface area contributed by atoms with Gasteiger partial charge in [0.1, 0.15) is 24.0 Å². The van der Waals surface area contributed by atoms with Crippen LogP contribution in [0.15, 0.2) is 30.6 Å². The van der Waals surface area contributed by atoms with Gasteiger partial charge >= 0.3 is 0 Å². The Kier molecular flexibility index (Phi) is 4.39. The van der Waals surface area contributed by atoms with E-state index in [-0.39, 0.29) is 6.10 Å². The Balaban J connectivity index is 1.96. The normalized spacial score (nSPS) is 14.1. The molecule has 1 N–H and O–H groups in total. The van der Waals surface area contributed by atoms with E-state index < -0.39 is 6.10 Å². The number of nitrogens with zero attached hydrogens (tertiary/aromatic N) is 3. The molecular formula is C13H16ClN3O2. The van der Waals surface area contributed by atoms with E-state index in [4.69, 9.17) is 16.3 Å². The van der Waals surface area contributed by atoms with E-state index in [0.717, 1.165) is 0 Å². The maximum absolute atomic E-state index is 10.1. The maximum Gasteiger partial charge on any atom is 0.138 e. The van der Waals surface area contributed by atoms with Crippen molar-refractivity contribution in [1.82, 2.24) is 14.8 Å². The molecule has 2 unspecified atom stereocenters. The lowest BCUT2D eigenvalue weighted by Crippen LogP contribution is -2.31. The Labute approximate surface area is 116 Å². The van der Waals surface area contributed by atoms with E-state index >= 15 is 0 Å². The fourth-order valence-corrected chi connectivity index (χ4v) is 1.87. The minimum Gasteiger partial charge on any atom is -0.488 e. The van der Waals surface area contributed by atoms with Gasteiger partial charge in [-0.25, -0.2) is 4.98 Å². The highest BCUT2D eigenvalue weighted by atomic mass is 35.5. The first-order valence-corrected chi connectivity index (χ1v) is 6.37. The maximum atomic E-state index is 10.1. The van der Waals surface area contributed by atoms with E-state index in [9.17, 15) is 5.11 Å². The molecule has 0 saturated carbocycles. The van der Waals surface area contributed by atoms with Gasteiger partial charge in [-0.3, -0.25) is 4.68 Å². The van der Waals surface area contributed by atoms with Gasteiger partial charge in [0.25, 0.3) is 0 Å². The second-order valence-electron chi connectivity index (χ2n) is 4.35. The molecule has 1 aromatic heterocycles. The molecule has 0 spiro atoms. The van der Waals surface area contributed by atoms with Crippen LogP contribution in [0.3, 0.4) is 0 Å². The van der Waals surface area contributed by atoms with Gasteiger partial charge in [0, 0.05) is 18.5 Å². The SMILES string of the molecule is CC(Oc1cccc(Cl)c1)C(O)Cc1ncnn1C. The molecule has 2 atom stereocenters. The summed E-state index contributed by atoms with van der Waals surface area (Å²) in [5.74, 6) is 1.35. The number of benzene rings is 1. The predicted molar refractivity (Wildman–Crippen MR) is 72.3 cm³/mol. The number of ether oxygens (including phenoxy) is 1. The number of hydrogen-bond acceptors (Lipinski definition) is 4. The van der Waals surface area contributed by atoms with E-state index in [1.807, 2.05) is 6.92 Å². The van der Waals surface area contributed by atoms with Gasteiger partial charge < -0.3 is 9.84 Å². The minimum atomic E-state index is -0.665. The fraction of sp³-hybridized carbons (Fsp3) is 0.385. The van der Waals surface area contributed by atoms with Crippen molar-refractivity contribution in [2.75, 3.05) is 0 Å². The molecule has 0 fully saturated rings. The van der Waals surface area contributed by atoms with Crippen LogP contribution in [-0.2, 0) is 13.5 Å². The third kappa shape index (κ3) is 3.68. The molecule has 0 aliphatic rings. The molecule has 5 nitrogen and oxygen atoms in total. The van der Waals surface area contributed by atoms with Crippen molar-refractivity contribution in [3.8, 4) is 5.75 Å². The van der Waals surface area contributed by atoms with Crippen molar-refractivity contribution in [2.24, 2.45) is 7.05 Å². The number of aryl methyl sites for hydroxylation is 1. The Morgan fingerprint density at radius 1 is 1.47 bits per heavy atom. The molecule has 0 bridgehead atoms. The number of hydrogen-bond donors (Lipinski definition) is 1. The molecule has 0 aliphatic carbocycles. The molecule has 1 aromatic carbocycles. The van der Waals surface area contributed by atoms with Gasteiger partial charge in [-0.05, 0) is 25.1 Å². The number of halogens is 1. The molecule has 0 aliphatic heterocycles. The van der Waals surface area contributed by atoms with Crippen LogP contribution in [0, 0.1) is 0 Å². The summed E-state index contributed by atoms with van der Waals surface area (Å²) in [4.78, 5) is 4.07. The third-order valence-electron chi connectivity index (χ3n) is 2.86. The molecule has 19 heavy (non-hydrogen) atoms. The lowest BCUT2D eigenvalue weighted by molar-refractivity contribution is 0.0460. The van der Waals surface area contributed by atoms with Crippen LogP contribution in [-0.4, -0.2) is 32.1 Å². The Morgan fingerprint density at radius 2 is 2.26 bits per heavy atom. The van der Waals surface area contributed by atoms with E-state index in [0.29, 0.717) is 23.0 Å². The summed E-state index contributed by atoms with van der Waals surface area (Å²) in [5, 5.41) is 14.7. The Morgan fingerprint density at radius 3 is 2.89 bits per heavy atom. The minimum absolute atomic E-state index is 0.366. The van der Waals surface area contributed by atoms with Crippen molar-refractivity contribution < 1.29 is 9.84 Å². The third-order valence-corrected chi connectivity index (χ3v) is 3.09. The molecule has 102 valence electrons. The van der Waals surface area contributed by atoms with Crippen molar-refractivity contribution in [1.29, 1.82) is 0 Å². The van der Waals surface area contributed by atoms with E-state index in [1.165, 1.54) is 6.33 Å². The highest BCUT2D eigenvalue weighted by Gasteiger charge is 2.18. The van der Waals surface area contributed by atoms with Crippen molar-refractivity contribution in [3.05, 3.63) is 41.4 Å². The van der Waals surface area contributed by atoms with Gasteiger partial charge in [0.2, 0.25) is 0 Å². The van der Waals surface area contributed by atoms with Crippen LogP contribution >= 0.6 is 11.6 Å². The summed E-state index contributed by atoms with van der Waals surface area (Å²) < 4.78 is 7.29. The zero-order valence-corrected chi connectivity index (χ0v) is 11.6. The lowest BCUT2D eigenvalue weighted by Gasteiger charge is -2.20. The summed E-state index contributed by atoms with van der Waals surface area (Å²) in [7, 11) is 1.79. The summed E-state index contributed by atoms with van der Waals surface area (Å²) in [5.41, 5.74) is 0. The van der Waals surface area contributed by atoms with Gasteiger partial charge in [0.15, 0.2) is 0 Å². The standard InChI is InChI=1S/C13H16ClN3O2/c1-9(19-11-5-3-4-10(14)6-11)12(18)7-13-15-8-16-17(13)2/h3-6,8-9,12,18H,7H2,1-2H3. The summed E-state index contributed by atoms with van der Waals surface area (Å²) in [6.45, 7) is 1.81. The molecule has 2 rings (SSSR count). The summed E-state index contributed by atoms with van der Waals surface area (Å²) >= 11 is 5.88. The van der Waals surface area contributed by atoms with Crippen LogP contribution < -0.4 is 4.74 Å². The van der Waals surface area contributed by atoms with E-state index in [1.54, 1.807) is 36.0 Å². The van der Waals surface area contributed by atoms with Gasteiger partial charge in [-0.2, -0.15) is 5.10 Å². The zero-order valence-electron chi connectivity index (χ0n) is 10.8. The lowest BCUT2D eigenvalue weighted by atomic mass is 10.1. The van der Waals surface area contributed by atoms with Crippen LogP contribution in [0.25, 0.3) is 0 Å². The number of rotatable bonds is 5. The van der Waals surface area contributed by atoms with Crippen LogP contribution in [0.1, 0.15) is 12.7 Å². The van der Waals surface area contributed by atoms with Crippen LogP contribution in [0.5, 0.6) is 5.75 Å². The Hall–Kier alpha value is -1.59. The second kappa shape index (κ2) is 6.04. The van der Waals surface area contributed by atoms with E-state index in [2.05, 4.69) is 10.1 Å². The smallest absolute Gasteiger partial charge is 0.138 e. The predicted octanol–water partition coefficient (Wildman–Crippen LogP) is 1.84. The second-order valence-corrected chi connectivity index (χ2v) is 4.79. The fourth-order valence-electron chi connectivity index (χ4n) is 1.69. The first kappa shape index (κ1) is 13.8. The zero-order chi connectivity index (χ0) is 13.8. The molecule has 0 radical (unpaired) electrons. The largest absolute Gasteiger partial charge is 0.488 e. The molecular weight excluding hydrogens is 266 g/mol. The monoisotopic (exact) mass is 281 g/mol. The summed E-state index contributed by atoms with van der Waals surface area (Å²) in [6.07, 6.45) is 0.819. The topological polar surface area (TPSA) is 60.2 Å². The number of aliphatic hydroxyl groups is 1. The highest BCUT2D eigenvalue weighted by Crippen LogP contribution is 2.19. The van der Waals surface area contributed by atoms with Gasteiger partial charge in [-0.1, -0.05) is 17.7 Å². The molecule has 6 heteroatoms. The number of aliphatic hydroxyl groups excluding tert-OH is 1. The average molecular weight is 282 g/mol. The first-order valence-electron chi connectivity index (χ1n) is 5.99. The highest BCUT2D eigenvalue weighted by molar-refractivity contribution is 6.30. The van der Waals surface area contributed by atoms with Gasteiger partial charge in [0.05, 0.1) is 6.10 Å².